The number of guanidine groups is 1. The van der Waals surface area contributed by atoms with E-state index >= 15 is 0 Å². The van der Waals surface area contributed by atoms with Crippen molar-refractivity contribution in [3.63, 3.8) is 0 Å². The molecular weight excluding hydrogens is 474 g/mol. The van der Waals surface area contributed by atoms with Gasteiger partial charge in [0.1, 0.15) is 12.0 Å². The molecule has 0 aliphatic rings. The van der Waals surface area contributed by atoms with Gasteiger partial charge in [-0.2, -0.15) is 0 Å². The summed E-state index contributed by atoms with van der Waals surface area (Å²) in [6.07, 6.45) is 1.97. The van der Waals surface area contributed by atoms with Crippen molar-refractivity contribution in [3.05, 3.63) is 83.6 Å². The molecule has 3 aromatic rings. The summed E-state index contributed by atoms with van der Waals surface area (Å²) in [4.78, 5) is 31.8. The largest absolute Gasteiger partial charge is 0.436 e. The normalized spacial score (nSPS) is 11.0. The van der Waals surface area contributed by atoms with Gasteiger partial charge in [0, 0.05) is 24.7 Å². The first-order chi connectivity index (χ1) is 16.9. The Bertz CT molecular complexity index is 1160. The Kier molecular flexibility index (Phi) is 8.99. The number of carbonyl (C=O) groups is 2. The molecule has 0 bridgehead atoms. The van der Waals surface area contributed by atoms with Gasteiger partial charge in [0.15, 0.2) is 0 Å². The second-order valence-electron chi connectivity index (χ2n) is 7.42. The van der Waals surface area contributed by atoms with Crippen molar-refractivity contribution in [2.45, 2.75) is 6.54 Å². The number of carbonyl (C=O) groups excluding carboxylic acids is 2. The molecule has 0 spiro atoms. The van der Waals surface area contributed by atoms with E-state index in [1.807, 2.05) is 0 Å². The smallest absolute Gasteiger partial charge is 0.324 e. The molecule has 0 aliphatic carbocycles. The summed E-state index contributed by atoms with van der Waals surface area (Å²) in [5, 5.41) is 16.1. The number of nitrogens with one attached hydrogen (secondary N) is 1. The average Bonchev–Trinajstić information content (AvgIpc) is 3.37. The molecule has 0 fully saturated rings. The first-order valence-corrected chi connectivity index (χ1v) is 10.8. The maximum absolute atomic E-state index is 12.8. The van der Waals surface area contributed by atoms with Crippen LogP contribution in [0, 0.1) is 0 Å². The van der Waals surface area contributed by atoms with Gasteiger partial charge in [-0.25, -0.2) is 9.79 Å². The van der Waals surface area contributed by atoms with Crippen molar-refractivity contribution in [2.75, 3.05) is 20.2 Å². The summed E-state index contributed by atoms with van der Waals surface area (Å²) in [6, 6.07) is 14.6. The van der Waals surface area contributed by atoms with Crippen molar-refractivity contribution in [1.29, 1.82) is 0 Å². The van der Waals surface area contributed by atoms with Gasteiger partial charge in [0.25, 0.3) is 5.88 Å². The van der Waals surface area contributed by atoms with Crippen LogP contribution in [0.5, 0.6) is 11.6 Å². The first-order valence-electron chi connectivity index (χ1n) is 10.4. The molecule has 0 saturated carbocycles. The SMILES string of the molecule is C=C(CO)CN(C)C(=O)NC(=Nc1ccc(Oc2ccon2)cc1)N(C=O)Cc1ccc(Cl)cc1. The van der Waals surface area contributed by atoms with E-state index in [4.69, 9.17) is 20.9 Å². The van der Waals surface area contributed by atoms with E-state index in [0.717, 1.165) is 5.56 Å². The van der Waals surface area contributed by atoms with E-state index in [2.05, 4.69) is 22.0 Å². The number of nitrogens with zero attached hydrogens (tertiary/aromatic N) is 4. The fourth-order valence-electron chi connectivity index (χ4n) is 2.85. The summed E-state index contributed by atoms with van der Waals surface area (Å²) >= 11 is 5.95. The van der Waals surface area contributed by atoms with Crippen LogP contribution in [0.3, 0.4) is 0 Å². The van der Waals surface area contributed by atoms with E-state index in [1.165, 1.54) is 23.1 Å². The van der Waals surface area contributed by atoms with Crippen LogP contribution >= 0.6 is 11.6 Å². The van der Waals surface area contributed by atoms with Gasteiger partial charge in [0.2, 0.25) is 12.4 Å². The van der Waals surface area contributed by atoms with Crippen molar-refractivity contribution in [2.24, 2.45) is 4.99 Å². The summed E-state index contributed by atoms with van der Waals surface area (Å²) in [5.41, 5.74) is 1.69. The molecule has 1 aromatic heterocycles. The molecular formula is C24H24ClN5O5. The Labute approximate surface area is 207 Å². The minimum Gasteiger partial charge on any atom is -0.436 e. The maximum atomic E-state index is 12.8. The minimum atomic E-state index is -0.535. The zero-order chi connectivity index (χ0) is 25.2. The summed E-state index contributed by atoms with van der Waals surface area (Å²) in [7, 11) is 1.54. The third-order valence-electron chi connectivity index (χ3n) is 4.62. The van der Waals surface area contributed by atoms with Gasteiger partial charge in [-0.05, 0) is 52.7 Å². The molecule has 3 amide bonds. The Hall–Kier alpha value is -4.15. The monoisotopic (exact) mass is 497 g/mol. The highest BCUT2D eigenvalue weighted by atomic mass is 35.5. The van der Waals surface area contributed by atoms with Crippen LogP contribution in [0.4, 0.5) is 10.5 Å². The predicted molar refractivity (Wildman–Crippen MR) is 131 cm³/mol. The van der Waals surface area contributed by atoms with Gasteiger partial charge in [0.05, 0.1) is 18.8 Å². The Morgan fingerprint density at radius 1 is 1.23 bits per heavy atom. The first kappa shape index (κ1) is 25.5. The fourth-order valence-corrected chi connectivity index (χ4v) is 2.97. The standard InChI is InChI=1S/C24H24ClN5O5/c1-17(15-31)13-29(2)24(33)27-23(30(16-32)14-18-3-5-19(25)6-4-18)26-20-7-9-21(10-8-20)35-22-11-12-34-28-22/h3-12,16,31H,1,13-15H2,2H3,(H,26,27,33). The molecule has 10 nitrogen and oxygen atoms in total. The highest BCUT2D eigenvalue weighted by molar-refractivity contribution is 6.30. The number of aliphatic hydroxyl groups is 1. The number of hydrogen-bond donors (Lipinski definition) is 2. The van der Waals surface area contributed by atoms with Crippen LogP contribution in [0.1, 0.15) is 5.56 Å². The lowest BCUT2D eigenvalue weighted by atomic mass is 10.2. The molecule has 2 aromatic carbocycles. The van der Waals surface area contributed by atoms with Crippen LogP contribution in [0.25, 0.3) is 0 Å². The van der Waals surface area contributed by atoms with Gasteiger partial charge < -0.3 is 19.3 Å². The molecule has 0 unspecified atom stereocenters. The Morgan fingerprint density at radius 3 is 2.54 bits per heavy atom. The van der Waals surface area contributed by atoms with Gasteiger partial charge in [-0.1, -0.05) is 30.3 Å². The highest BCUT2D eigenvalue weighted by Crippen LogP contribution is 2.23. The second kappa shape index (κ2) is 12.4. The molecule has 1 heterocycles. The van der Waals surface area contributed by atoms with Crippen LogP contribution in [-0.4, -0.2) is 58.7 Å². The molecule has 3 rings (SSSR count). The predicted octanol–water partition coefficient (Wildman–Crippen LogP) is 3.96. The van der Waals surface area contributed by atoms with Crippen molar-refractivity contribution in [3.8, 4) is 11.6 Å². The molecule has 0 atom stereocenters. The summed E-state index contributed by atoms with van der Waals surface area (Å²) in [5.74, 6) is 0.808. The third-order valence-corrected chi connectivity index (χ3v) is 4.88. The van der Waals surface area contributed by atoms with E-state index < -0.39 is 6.03 Å². The summed E-state index contributed by atoms with van der Waals surface area (Å²) in [6.45, 7) is 3.70. The lowest BCUT2D eigenvalue weighted by Gasteiger charge is -2.24. The van der Waals surface area contributed by atoms with E-state index in [9.17, 15) is 14.7 Å². The topological polar surface area (TPSA) is 120 Å². The Morgan fingerprint density at radius 2 is 1.94 bits per heavy atom. The number of hydrogen-bond acceptors (Lipinski definition) is 7. The third kappa shape index (κ3) is 7.70. The molecule has 11 heteroatoms. The summed E-state index contributed by atoms with van der Waals surface area (Å²) < 4.78 is 10.3. The molecule has 0 saturated heterocycles. The van der Waals surface area contributed by atoms with Crippen molar-refractivity contribution >= 4 is 35.7 Å². The number of rotatable bonds is 9. The molecule has 0 radical (unpaired) electrons. The molecule has 0 aliphatic heterocycles. The lowest BCUT2D eigenvalue weighted by Crippen LogP contribution is -2.48. The number of benzene rings is 2. The second-order valence-corrected chi connectivity index (χ2v) is 7.86. The number of urea groups is 1. The zero-order valence-electron chi connectivity index (χ0n) is 18.9. The lowest BCUT2D eigenvalue weighted by molar-refractivity contribution is -0.115. The number of halogens is 1. The number of aliphatic imine (C=N–C) groups is 1. The van der Waals surface area contributed by atoms with Crippen LogP contribution in [0.15, 0.2) is 82.5 Å². The molecule has 2 N–H and O–H groups in total. The van der Waals surface area contributed by atoms with Crippen LogP contribution < -0.4 is 10.1 Å². The molecule has 35 heavy (non-hydrogen) atoms. The van der Waals surface area contributed by atoms with Gasteiger partial charge >= 0.3 is 6.03 Å². The van der Waals surface area contributed by atoms with Crippen LogP contribution in [0.2, 0.25) is 5.02 Å². The Balaban J connectivity index is 1.84. The quantitative estimate of drug-likeness (QED) is 0.200. The highest BCUT2D eigenvalue weighted by Gasteiger charge is 2.18. The number of amides is 3. The van der Waals surface area contributed by atoms with Gasteiger partial charge in [-0.3, -0.25) is 15.0 Å². The zero-order valence-corrected chi connectivity index (χ0v) is 19.7. The number of aromatic nitrogens is 1. The average molecular weight is 498 g/mol. The number of aliphatic hydroxyl groups excluding tert-OH is 1. The fraction of sp³-hybridized carbons (Fsp3) is 0.167. The van der Waals surface area contributed by atoms with E-state index in [1.54, 1.807) is 54.6 Å². The minimum absolute atomic E-state index is 0.00609. The van der Waals surface area contributed by atoms with Gasteiger partial charge in [-0.15, -0.1) is 0 Å². The maximum Gasteiger partial charge on any atom is 0.324 e. The van der Waals surface area contributed by atoms with Crippen molar-refractivity contribution in [1.82, 2.24) is 20.3 Å². The van der Waals surface area contributed by atoms with E-state index in [0.29, 0.717) is 34.3 Å². The van der Waals surface area contributed by atoms with Crippen LogP contribution in [-0.2, 0) is 11.3 Å². The van der Waals surface area contributed by atoms with Crippen molar-refractivity contribution < 1.29 is 24.0 Å². The molecule has 182 valence electrons. The number of likely N-dealkylation sites (N-methyl/N-ethyl adjacent to an activating group) is 1. The van der Waals surface area contributed by atoms with E-state index in [-0.39, 0.29) is 25.7 Å². The number of ether oxygens (including phenoxy) is 1.